The highest BCUT2D eigenvalue weighted by atomic mass is 16.6. The number of aromatic nitrogens is 2. The predicted molar refractivity (Wildman–Crippen MR) is 176 cm³/mol. The Morgan fingerprint density at radius 3 is 2.50 bits per heavy atom. The largest absolute Gasteiger partial charge is 0.459 e. The van der Waals surface area contributed by atoms with E-state index in [1.165, 1.54) is 28.0 Å². The third-order valence-electron chi connectivity index (χ3n) is 8.23. The number of H-pyrrole nitrogens is 1. The number of ether oxygens (including phenoxy) is 3. The first-order chi connectivity index (χ1) is 24.2. The lowest BCUT2D eigenvalue weighted by atomic mass is 10.1. The molecule has 1 aromatic heterocycles. The van der Waals surface area contributed by atoms with Gasteiger partial charge in [-0.2, -0.15) is 0 Å². The van der Waals surface area contributed by atoms with Crippen LogP contribution >= 0.6 is 0 Å². The molecule has 2 saturated heterocycles. The Morgan fingerprint density at radius 1 is 1.00 bits per heavy atom. The molecule has 4 aromatic rings. The highest BCUT2D eigenvalue weighted by Gasteiger charge is 2.43. The number of benzene rings is 3. The molecule has 3 atom stereocenters. The van der Waals surface area contributed by atoms with E-state index in [-0.39, 0.29) is 37.1 Å². The summed E-state index contributed by atoms with van der Waals surface area (Å²) in [6.07, 6.45) is -2.04. The standard InChI is InChI=1S/C35H33N5O10/c1-21(41)49-28(31(42)36-25-14-12-23(13-15-25)30-37-35(46)50-38-30)29-33(44)39(17-18-47-29)26-10-5-9-24(19-26)32(43)40-16-6-11-27(40)34(45)48-20-22-7-3-2-4-8-22/h2-5,7-10,12-15,19,27-29H,6,11,16-18,20H2,1H3,(H,36,42)(H,37,38,46)/t27-,28+,29+/m0/s1. The van der Waals surface area contributed by atoms with Crippen molar-refractivity contribution >= 4 is 41.0 Å². The molecule has 2 aliphatic rings. The monoisotopic (exact) mass is 683 g/mol. The molecule has 2 fully saturated rings. The van der Waals surface area contributed by atoms with Gasteiger partial charge in [0, 0.05) is 42.5 Å². The first-order valence-corrected chi connectivity index (χ1v) is 15.9. The van der Waals surface area contributed by atoms with Crippen LogP contribution in [-0.4, -0.2) is 82.6 Å². The van der Waals surface area contributed by atoms with E-state index >= 15 is 0 Å². The summed E-state index contributed by atoms with van der Waals surface area (Å²) in [5.41, 5.74) is 2.27. The number of amides is 3. The molecule has 2 aliphatic heterocycles. The summed E-state index contributed by atoms with van der Waals surface area (Å²) in [5, 5.41) is 6.23. The number of hydrogen-bond donors (Lipinski definition) is 2. The number of carbonyl (C=O) groups excluding carboxylic acids is 5. The second-order valence-corrected chi connectivity index (χ2v) is 11.6. The van der Waals surface area contributed by atoms with E-state index < -0.39 is 47.8 Å². The highest BCUT2D eigenvalue weighted by Crippen LogP contribution is 2.27. The topological polar surface area (TPSA) is 190 Å². The first kappa shape index (κ1) is 33.8. The molecule has 3 aromatic carbocycles. The van der Waals surface area contributed by atoms with Gasteiger partial charge in [-0.3, -0.25) is 28.7 Å². The number of rotatable bonds is 10. The van der Waals surface area contributed by atoms with E-state index in [0.29, 0.717) is 36.3 Å². The number of nitrogens with zero attached hydrogens (tertiary/aromatic N) is 3. The van der Waals surface area contributed by atoms with Crippen LogP contribution in [-0.2, 0) is 40.0 Å². The van der Waals surface area contributed by atoms with Crippen molar-refractivity contribution in [3.05, 3.63) is 101 Å². The number of carbonyl (C=O) groups is 5. The van der Waals surface area contributed by atoms with Crippen LogP contribution in [0.1, 0.15) is 35.7 Å². The summed E-state index contributed by atoms with van der Waals surface area (Å²) in [4.78, 5) is 82.4. The molecule has 0 spiro atoms. The molecule has 0 saturated carbocycles. The van der Waals surface area contributed by atoms with Crippen LogP contribution in [0.25, 0.3) is 11.4 Å². The minimum atomic E-state index is -1.65. The fraction of sp³-hybridized carbons (Fsp3) is 0.286. The number of hydrogen-bond acceptors (Lipinski definition) is 11. The van der Waals surface area contributed by atoms with Crippen molar-refractivity contribution in [3.8, 4) is 11.4 Å². The Hall–Kier alpha value is -6.09. The van der Waals surface area contributed by atoms with E-state index in [1.807, 2.05) is 30.3 Å². The Balaban J connectivity index is 1.14. The van der Waals surface area contributed by atoms with Gasteiger partial charge in [-0.05, 0) is 60.9 Å². The SMILES string of the molecule is CC(=O)O[C@@H](C(=O)Nc1ccc(-c2noc(=O)[nH]2)cc1)[C@H]1OCCN(c2cccc(C(=O)N3CCC[C@H]3C(=O)OCc3ccccc3)c2)C1=O. The van der Waals surface area contributed by atoms with E-state index in [0.717, 1.165) is 12.5 Å². The lowest BCUT2D eigenvalue weighted by molar-refractivity contribution is -0.167. The van der Waals surface area contributed by atoms with Crippen LogP contribution in [0, 0.1) is 0 Å². The molecule has 258 valence electrons. The molecule has 3 amide bonds. The number of nitrogens with one attached hydrogen (secondary N) is 2. The van der Waals surface area contributed by atoms with Gasteiger partial charge in [0.1, 0.15) is 12.6 Å². The third-order valence-corrected chi connectivity index (χ3v) is 8.23. The maximum absolute atomic E-state index is 13.8. The summed E-state index contributed by atoms with van der Waals surface area (Å²) in [6.45, 7) is 1.68. The number of likely N-dealkylation sites (tertiary alicyclic amines) is 1. The highest BCUT2D eigenvalue weighted by molar-refractivity contribution is 6.05. The fourth-order valence-electron chi connectivity index (χ4n) is 5.84. The van der Waals surface area contributed by atoms with Gasteiger partial charge in [0.2, 0.25) is 6.10 Å². The van der Waals surface area contributed by atoms with Crippen LogP contribution < -0.4 is 16.0 Å². The van der Waals surface area contributed by atoms with Crippen LogP contribution in [0.15, 0.2) is 88.2 Å². The average Bonchev–Trinajstić information content (AvgIpc) is 3.80. The number of anilines is 2. The van der Waals surface area contributed by atoms with Crippen LogP contribution in [0.2, 0.25) is 0 Å². The second-order valence-electron chi connectivity index (χ2n) is 11.6. The average molecular weight is 684 g/mol. The quantitative estimate of drug-likeness (QED) is 0.234. The van der Waals surface area contributed by atoms with Crippen LogP contribution in [0.4, 0.5) is 11.4 Å². The van der Waals surface area contributed by atoms with Gasteiger partial charge in [0.05, 0.1) is 6.61 Å². The molecule has 0 aliphatic carbocycles. The maximum Gasteiger partial charge on any atom is 0.439 e. The smallest absolute Gasteiger partial charge is 0.439 e. The van der Waals surface area contributed by atoms with Gasteiger partial charge >= 0.3 is 17.7 Å². The zero-order valence-electron chi connectivity index (χ0n) is 26.9. The molecular weight excluding hydrogens is 650 g/mol. The van der Waals surface area contributed by atoms with Crippen molar-refractivity contribution in [2.45, 2.75) is 44.6 Å². The summed E-state index contributed by atoms with van der Waals surface area (Å²) in [6, 6.07) is 21.1. The van der Waals surface area contributed by atoms with Gasteiger partial charge in [0.25, 0.3) is 17.7 Å². The van der Waals surface area contributed by atoms with Crippen molar-refractivity contribution in [1.29, 1.82) is 0 Å². The number of esters is 2. The van der Waals surface area contributed by atoms with Gasteiger partial charge < -0.3 is 29.3 Å². The van der Waals surface area contributed by atoms with Crippen LogP contribution in [0.5, 0.6) is 0 Å². The minimum Gasteiger partial charge on any atom is -0.459 e. The molecule has 50 heavy (non-hydrogen) atoms. The molecule has 15 nitrogen and oxygen atoms in total. The Morgan fingerprint density at radius 2 is 1.78 bits per heavy atom. The lowest BCUT2D eigenvalue weighted by Crippen LogP contribution is -2.56. The fourth-order valence-corrected chi connectivity index (χ4v) is 5.84. The van der Waals surface area contributed by atoms with E-state index in [1.54, 1.807) is 30.3 Å². The summed E-state index contributed by atoms with van der Waals surface area (Å²) >= 11 is 0. The lowest BCUT2D eigenvalue weighted by Gasteiger charge is -2.35. The molecule has 0 bridgehead atoms. The number of morpholine rings is 1. The predicted octanol–water partition coefficient (Wildman–Crippen LogP) is 2.68. The molecule has 3 heterocycles. The third kappa shape index (κ3) is 7.63. The second kappa shape index (κ2) is 15.0. The normalized spacial score (nSPS) is 18.0. The summed E-state index contributed by atoms with van der Waals surface area (Å²) in [5.74, 6) is -3.68. The van der Waals surface area contributed by atoms with E-state index in [4.69, 9.17) is 14.2 Å². The van der Waals surface area contributed by atoms with Crippen molar-refractivity contribution in [2.75, 3.05) is 29.9 Å². The van der Waals surface area contributed by atoms with E-state index in [9.17, 15) is 28.8 Å². The maximum atomic E-state index is 13.8. The zero-order chi connectivity index (χ0) is 35.2. The Kier molecular flexibility index (Phi) is 10.1. The van der Waals surface area contributed by atoms with Gasteiger partial charge in [-0.1, -0.05) is 41.6 Å². The minimum absolute atomic E-state index is 0.00563. The summed E-state index contributed by atoms with van der Waals surface area (Å²) < 4.78 is 21.0. The first-order valence-electron chi connectivity index (χ1n) is 15.9. The van der Waals surface area contributed by atoms with Gasteiger partial charge in [-0.15, -0.1) is 0 Å². The number of aromatic amines is 1. The van der Waals surface area contributed by atoms with Crippen LogP contribution in [0.3, 0.4) is 0 Å². The van der Waals surface area contributed by atoms with E-state index in [2.05, 4.69) is 20.0 Å². The summed E-state index contributed by atoms with van der Waals surface area (Å²) in [7, 11) is 0. The molecule has 15 heteroatoms. The van der Waals surface area contributed by atoms with Crippen molar-refractivity contribution in [1.82, 2.24) is 15.0 Å². The Labute approximate surface area is 285 Å². The zero-order valence-corrected chi connectivity index (χ0v) is 26.9. The van der Waals surface area contributed by atoms with Gasteiger partial charge in [-0.25, -0.2) is 9.59 Å². The Bertz CT molecular complexity index is 1940. The van der Waals surface area contributed by atoms with Gasteiger partial charge in [0.15, 0.2) is 11.9 Å². The van der Waals surface area contributed by atoms with Crippen molar-refractivity contribution in [3.63, 3.8) is 0 Å². The van der Waals surface area contributed by atoms with Crippen molar-refractivity contribution in [2.24, 2.45) is 0 Å². The molecule has 6 rings (SSSR count). The molecule has 0 radical (unpaired) electrons. The molecule has 2 N–H and O–H groups in total. The van der Waals surface area contributed by atoms with Crippen molar-refractivity contribution < 1.29 is 42.7 Å². The molecule has 0 unspecified atom stereocenters. The molecular formula is C35H33N5O10.